The number of rotatable bonds is 8. The van der Waals surface area contributed by atoms with Gasteiger partial charge in [0.2, 0.25) is 5.91 Å². The number of hydrogen-bond acceptors (Lipinski definition) is 8. The van der Waals surface area contributed by atoms with Gasteiger partial charge in [0.05, 0.1) is 18.4 Å². The van der Waals surface area contributed by atoms with Gasteiger partial charge >= 0.3 is 18.7 Å². The SMILES string of the molecule is Cc1cc(F)cc(CNc2nc(-c3cnn(C(F)F)c3)c3n(c2=O)[C@H](C(=O)NCc2cc4c(s2)CNC4)CC3)c1.O=C(O)C(F)(F)F. The second-order valence-electron chi connectivity index (χ2n) is 10.7. The first kappa shape index (κ1) is 33.6. The average molecular weight is 684 g/mol. The number of aryl methyl sites for hydroxylation is 1. The molecule has 0 saturated heterocycles. The number of carbonyl (C=O) groups excluding carboxylic acids is 1. The number of carboxylic acid groups (broad SMARTS) is 1. The quantitative estimate of drug-likeness (QED) is 0.197. The molecule has 1 amide bonds. The van der Waals surface area contributed by atoms with Gasteiger partial charge in [-0.15, -0.1) is 11.3 Å². The van der Waals surface area contributed by atoms with E-state index in [1.165, 1.54) is 33.3 Å². The van der Waals surface area contributed by atoms with Crippen LogP contribution < -0.4 is 21.5 Å². The maximum Gasteiger partial charge on any atom is 0.490 e. The molecule has 0 unspecified atom stereocenters. The summed E-state index contributed by atoms with van der Waals surface area (Å²) in [7, 11) is 0. The largest absolute Gasteiger partial charge is 0.490 e. The van der Waals surface area contributed by atoms with Gasteiger partial charge in [0, 0.05) is 46.8 Å². The summed E-state index contributed by atoms with van der Waals surface area (Å²) in [6.07, 6.45) is -1.94. The zero-order valence-electron chi connectivity index (χ0n) is 24.5. The van der Waals surface area contributed by atoms with Crippen LogP contribution in [0.5, 0.6) is 0 Å². The van der Waals surface area contributed by atoms with E-state index in [9.17, 15) is 35.9 Å². The molecule has 18 heteroatoms. The molecule has 1 atom stereocenters. The number of halogens is 6. The van der Waals surface area contributed by atoms with Crippen molar-refractivity contribution in [1.29, 1.82) is 0 Å². The number of anilines is 1. The lowest BCUT2D eigenvalue weighted by molar-refractivity contribution is -0.192. The van der Waals surface area contributed by atoms with Crippen molar-refractivity contribution in [2.45, 2.75) is 64.7 Å². The van der Waals surface area contributed by atoms with Crippen molar-refractivity contribution < 1.29 is 41.0 Å². The minimum atomic E-state index is -5.08. The normalized spacial score (nSPS) is 15.2. The first-order valence-corrected chi connectivity index (χ1v) is 14.9. The van der Waals surface area contributed by atoms with E-state index in [0.717, 1.165) is 29.7 Å². The number of amides is 1. The summed E-state index contributed by atoms with van der Waals surface area (Å²) in [5.41, 5.74) is 3.13. The van der Waals surface area contributed by atoms with Gasteiger partial charge in [0.15, 0.2) is 5.82 Å². The summed E-state index contributed by atoms with van der Waals surface area (Å²) in [5, 5.41) is 20.1. The van der Waals surface area contributed by atoms with Gasteiger partial charge in [-0.2, -0.15) is 27.1 Å². The van der Waals surface area contributed by atoms with Crippen molar-refractivity contribution in [2.24, 2.45) is 0 Å². The van der Waals surface area contributed by atoms with Crippen molar-refractivity contribution in [3.63, 3.8) is 0 Å². The molecule has 0 bridgehead atoms. The lowest BCUT2D eigenvalue weighted by Crippen LogP contribution is -2.36. The lowest BCUT2D eigenvalue weighted by atomic mass is 10.1. The maximum absolute atomic E-state index is 13.9. The number of aliphatic carboxylic acids is 1. The van der Waals surface area contributed by atoms with Crippen LogP contribution in [0.25, 0.3) is 11.3 Å². The number of aromatic nitrogens is 4. The zero-order chi connectivity index (χ0) is 34.0. The molecule has 0 aliphatic carbocycles. The molecule has 6 rings (SSSR count). The van der Waals surface area contributed by atoms with E-state index in [1.54, 1.807) is 24.3 Å². The molecule has 3 aromatic heterocycles. The van der Waals surface area contributed by atoms with Gasteiger partial charge in [-0.25, -0.2) is 18.9 Å². The number of carbonyl (C=O) groups is 2. The molecule has 5 heterocycles. The summed E-state index contributed by atoms with van der Waals surface area (Å²) in [6.45, 7) is 1.01. The second-order valence-corrected chi connectivity index (χ2v) is 12.0. The number of carboxylic acids is 1. The maximum atomic E-state index is 13.9. The van der Waals surface area contributed by atoms with Gasteiger partial charge in [-0.3, -0.25) is 14.2 Å². The molecule has 250 valence electrons. The number of hydrogen-bond donors (Lipinski definition) is 4. The molecule has 47 heavy (non-hydrogen) atoms. The fourth-order valence-electron chi connectivity index (χ4n) is 5.32. The summed E-state index contributed by atoms with van der Waals surface area (Å²) < 4.78 is 74.1. The Morgan fingerprint density at radius 2 is 1.91 bits per heavy atom. The van der Waals surface area contributed by atoms with Crippen LogP contribution >= 0.6 is 11.3 Å². The van der Waals surface area contributed by atoms with Crippen LogP contribution in [0.1, 0.15) is 51.2 Å². The van der Waals surface area contributed by atoms with Gasteiger partial charge in [0.25, 0.3) is 5.56 Å². The average Bonchev–Trinajstić information content (AvgIpc) is 3.79. The minimum absolute atomic E-state index is 0.0626. The predicted octanol–water partition coefficient (Wildman–Crippen LogP) is 4.66. The third kappa shape index (κ3) is 7.65. The van der Waals surface area contributed by atoms with Crippen molar-refractivity contribution in [3.8, 4) is 11.3 Å². The Labute approximate surface area is 266 Å². The van der Waals surface area contributed by atoms with Crippen LogP contribution in [0.15, 0.2) is 41.5 Å². The molecule has 2 aliphatic heterocycles. The first-order chi connectivity index (χ1) is 22.2. The van der Waals surface area contributed by atoms with Crippen LogP contribution in [0.4, 0.5) is 32.2 Å². The Hall–Kier alpha value is -4.71. The van der Waals surface area contributed by atoms with Crippen LogP contribution in [0, 0.1) is 12.7 Å². The van der Waals surface area contributed by atoms with E-state index >= 15 is 0 Å². The Bertz CT molecular complexity index is 1830. The van der Waals surface area contributed by atoms with Gasteiger partial charge in [-0.1, -0.05) is 6.07 Å². The predicted molar refractivity (Wildman–Crippen MR) is 157 cm³/mol. The smallest absolute Gasteiger partial charge is 0.475 e. The van der Waals surface area contributed by atoms with E-state index in [2.05, 4.69) is 32.1 Å². The van der Waals surface area contributed by atoms with Crippen molar-refractivity contribution in [3.05, 3.63) is 85.0 Å². The monoisotopic (exact) mass is 683 g/mol. The molecular weight excluding hydrogens is 656 g/mol. The fourth-order valence-corrected chi connectivity index (χ4v) is 6.42. The van der Waals surface area contributed by atoms with Crippen LogP contribution in [0.2, 0.25) is 0 Å². The third-order valence-corrected chi connectivity index (χ3v) is 8.52. The van der Waals surface area contributed by atoms with E-state index in [0.29, 0.717) is 46.6 Å². The molecular formula is C29H27F6N7O4S. The van der Waals surface area contributed by atoms with Crippen molar-refractivity contribution >= 4 is 29.0 Å². The van der Waals surface area contributed by atoms with E-state index in [4.69, 9.17) is 9.90 Å². The van der Waals surface area contributed by atoms with E-state index in [-0.39, 0.29) is 18.3 Å². The molecule has 11 nitrogen and oxygen atoms in total. The molecule has 4 N–H and O–H groups in total. The highest BCUT2D eigenvalue weighted by molar-refractivity contribution is 7.12. The zero-order valence-corrected chi connectivity index (χ0v) is 25.3. The molecule has 1 aromatic carbocycles. The van der Waals surface area contributed by atoms with Crippen LogP contribution in [-0.4, -0.2) is 42.5 Å². The van der Waals surface area contributed by atoms with Gasteiger partial charge in [0.1, 0.15) is 11.9 Å². The molecule has 0 fully saturated rings. The number of fused-ring (bicyclic) bond motifs is 2. The number of nitrogens with zero attached hydrogens (tertiary/aromatic N) is 4. The minimum Gasteiger partial charge on any atom is -0.475 e. The summed E-state index contributed by atoms with van der Waals surface area (Å²) >= 11 is 1.65. The van der Waals surface area contributed by atoms with Crippen molar-refractivity contribution in [2.75, 3.05) is 5.32 Å². The van der Waals surface area contributed by atoms with Crippen molar-refractivity contribution in [1.82, 2.24) is 30.0 Å². The number of alkyl halides is 5. The third-order valence-electron chi connectivity index (χ3n) is 7.34. The topological polar surface area (TPSA) is 143 Å². The van der Waals surface area contributed by atoms with Crippen LogP contribution in [-0.2, 0) is 42.2 Å². The molecule has 2 aliphatic rings. The summed E-state index contributed by atoms with van der Waals surface area (Å²) in [5.74, 6) is -3.53. The Morgan fingerprint density at radius 1 is 1.17 bits per heavy atom. The number of benzene rings is 1. The van der Waals surface area contributed by atoms with Gasteiger partial charge < -0.3 is 21.1 Å². The lowest BCUT2D eigenvalue weighted by Gasteiger charge is -2.17. The van der Waals surface area contributed by atoms with E-state index in [1.807, 2.05) is 0 Å². The fraction of sp³-hybridized carbons (Fsp3) is 0.345. The standard InChI is InChI=1S/C27H26F3N7O2S.C2HF3O2/c1-14-4-15(6-18(28)5-14)8-32-24-26(39)37-20(23(35-24)17-10-34-36(13-17)27(29)30)2-3-21(37)25(38)33-11-19-7-16-9-31-12-22(16)40-19;3-2(4,5)1(6)7/h4-7,10,13,21,27,31H,2-3,8-9,11-12H2,1H3,(H,32,35)(H,33,38);(H,6,7)/t21-;/m0./s1. The highest BCUT2D eigenvalue weighted by atomic mass is 32.1. The highest BCUT2D eigenvalue weighted by Gasteiger charge is 2.38. The highest BCUT2D eigenvalue weighted by Crippen LogP contribution is 2.33. The Balaban J connectivity index is 0.000000559. The second kappa shape index (κ2) is 13.6. The van der Waals surface area contributed by atoms with Gasteiger partial charge in [-0.05, 0) is 54.7 Å². The molecule has 0 spiro atoms. The summed E-state index contributed by atoms with van der Waals surface area (Å²) in [4.78, 5) is 42.7. The number of thiophene rings is 1. The first-order valence-electron chi connectivity index (χ1n) is 14.1. The molecule has 0 saturated carbocycles. The summed E-state index contributed by atoms with van der Waals surface area (Å²) in [6, 6.07) is 5.81. The molecule has 4 aromatic rings. The Kier molecular flexibility index (Phi) is 9.71. The van der Waals surface area contributed by atoms with Crippen LogP contribution in [0.3, 0.4) is 0 Å². The number of nitrogens with one attached hydrogen (secondary N) is 3. The van der Waals surface area contributed by atoms with E-state index < -0.39 is 36.1 Å². The molecule has 0 radical (unpaired) electrons. The Morgan fingerprint density at radius 3 is 2.55 bits per heavy atom.